The fraction of sp³-hybridized carbons (Fsp3) is 0.417. The summed E-state index contributed by atoms with van der Waals surface area (Å²) < 4.78 is 0. The number of benzene rings is 1. The molecule has 1 aliphatic heterocycles. The van der Waals surface area contributed by atoms with Crippen molar-refractivity contribution in [3.63, 3.8) is 0 Å². The lowest BCUT2D eigenvalue weighted by Crippen LogP contribution is -2.36. The SMILES string of the molecule is O=C1CSc2ccccc2N1CCCCCl. The Balaban J connectivity index is 2.13. The molecule has 0 spiro atoms. The van der Waals surface area contributed by atoms with Crippen LogP contribution in [0, 0.1) is 0 Å². The molecule has 0 bridgehead atoms. The van der Waals surface area contributed by atoms with Crippen molar-refractivity contribution in [2.45, 2.75) is 17.7 Å². The van der Waals surface area contributed by atoms with Crippen LogP contribution in [0.25, 0.3) is 0 Å². The van der Waals surface area contributed by atoms with Crippen LogP contribution in [0.2, 0.25) is 0 Å². The standard InChI is InChI=1S/C12H14ClNOS/c13-7-3-4-8-14-10-5-1-2-6-11(10)16-9-12(14)15/h1-2,5-6H,3-4,7-9H2. The highest BCUT2D eigenvalue weighted by molar-refractivity contribution is 8.00. The summed E-state index contributed by atoms with van der Waals surface area (Å²) in [4.78, 5) is 14.9. The van der Waals surface area contributed by atoms with Crippen LogP contribution in [-0.4, -0.2) is 24.1 Å². The van der Waals surface area contributed by atoms with Gasteiger partial charge in [-0.3, -0.25) is 4.79 Å². The van der Waals surface area contributed by atoms with Crippen molar-refractivity contribution in [1.82, 2.24) is 0 Å². The second kappa shape index (κ2) is 5.60. The van der Waals surface area contributed by atoms with Gasteiger partial charge in [0.05, 0.1) is 11.4 Å². The summed E-state index contributed by atoms with van der Waals surface area (Å²) in [5.41, 5.74) is 1.05. The van der Waals surface area contributed by atoms with Gasteiger partial charge in [-0.05, 0) is 25.0 Å². The van der Waals surface area contributed by atoms with Crippen LogP contribution in [0.3, 0.4) is 0 Å². The number of para-hydroxylation sites is 1. The highest BCUT2D eigenvalue weighted by Crippen LogP contribution is 2.34. The van der Waals surface area contributed by atoms with Crippen molar-refractivity contribution in [3.8, 4) is 0 Å². The van der Waals surface area contributed by atoms with Crippen LogP contribution in [-0.2, 0) is 4.79 Å². The van der Waals surface area contributed by atoms with Gasteiger partial charge < -0.3 is 4.90 Å². The number of alkyl halides is 1. The van der Waals surface area contributed by atoms with E-state index in [-0.39, 0.29) is 5.91 Å². The van der Waals surface area contributed by atoms with E-state index >= 15 is 0 Å². The van der Waals surface area contributed by atoms with Gasteiger partial charge in [-0.15, -0.1) is 23.4 Å². The number of rotatable bonds is 4. The van der Waals surface area contributed by atoms with Crippen molar-refractivity contribution in [3.05, 3.63) is 24.3 Å². The molecule has 2 rings (SSSR count). The van der Waals surface area contributed by atoms with Gasteiger partial charge in [0.2, 0.25) is 5.91 Å². The lowest BCUT2D eigenvalue weighted by molar-refractivity contribution is -0.116. The van der Waals surface area contributed by atoms with Crippen molar-refractivity contribution in [2.24, 2.45) is 0 Å². The van der Waals surface area contributed by atoms with Gasteiger partial charge in [-0.25, -0.2) is 0 Å². The maximum atomic E-state index is 11.8. The molecule has 0 fully saturated rings. The highest BCUT2D eigenvalue weighted by atomic mass is 35.5. The lowest BCUT2D eigenvalue weighted by Gasteiger charge is -2.28. The second-order valence-electron chi connectivity index (χ2n) is 3.70. The highest BCUT2D eigenvalue weighted by Gasteiger charge is 2.23. The van der Waals surface area contributed by atoms with E-state index in [4.69, 9.17) is 11.6 Å². The predicted octanol–water partition coefficient (Wildman–Crippen LogP) is 3.14. The molecule has 86 valence electrons. The number of halogens is 1. The Morgan fingerprint density at radius 1 is 1.31 bits per heavy atom. The topological polar surface area (TPSA) is 20.3 Å². The molecule has 4 heteroatoms. The maximum absolute atomic E-state index is 11.8. The Hall–Kier alpha value is -0.670. The van der Waals surface area contributed by atoms with E-state index < -0.39 is 0 Å². The molecule has 1 aromatic carbocycles. The van der Waals surface area contributed by atoms with Crippen molar-refractivity contribution in [1.29, 1.82) is 0 Å². The first-order valence-corrected chi connectivity index (χ1v) is 6.93. The number of nitrogens with zero attached hydrogens (tertiary/aromatic N) is 1. The van der Waals surface area contributed by atoms with Crippen LogP contribution in [0.4, 0.5) is 5.69 Å². The van der Waals surface area contributed by atoms with Gasteiger partial charge in [0, 0.05) is 17.3 Å². The van der Waals surface area contributed by atoms with Gasteiger partial charge in [0.25, 0.3) is 0 Å². The van der Waals surface area contributed by atoms with E-state index in [9.17, 15) is 4.79 Å². The Labute approximate surface area is 105 Å². The summed E-state index contributed by atoms with van der Waals surface area (Å²) in [6, 6.07) is 8.08. The van der Waals surface area contributed by atoms with E-state index in [1.807, 2.05) is 23.1 Å². The molecule has 0 aliphatic carbocycles. The monoisotopic (exact) mass is 255 g/mol. The molecule has 1 amide bonds. The smallest absolute Gasteiger partial charge is 0.237 e. The minimum atomic E-state index is 0.207. The molecule has 16 heavy (non-hydrogen) atoms. The molecular weight excluding hydrogens is 242 g/mol. The van der Waals surface area contributed by atoms with E-state index in [1.165, 1.54) is 4.90 Å². The first-order chi connectivity index (χ1) is 7.83. The number of anilines is 1. The lowest BCUT2D eigenvalue weighted by atomic mass is 10.2. The fourth-order valence-electron chi connectivity index (χ4n) is 1.76. The predicted molar refractivity (Wildman–Crippen MR) is 69.5 cm³/mol. The first-order valence-electron chi connectivity index (χ1n) is 5.41. The quantitative estimate of drug-likeness (QED) is 0.609. The van der Waals surface area contributed by atoms with Crippen LogP contribution >= 0.6 is 23.4 Å². The summed E-state index contributed by atoms with van der Waals surface area (Å²) in [5.74, 6) is 1.43. The van der Waals surface area contributed by atoms with Gasteiger partial charge in [0.1, 0.15) is 0 Å². The Morgan fingerprint density at radius 2 is 2.12 bits per heavy atom. The summed E-state index contributed by atoms with van der Waals surface area (Å²) in [7, 11) is 0. The molecule has 0 N–H and O–H groups in total. The van der Waals surface area contributed by atoms with Gasteiger partial charge in [-0.2, -0.15) is 0 Å². The van der Waals surface area contributed by atoms with Crippen LogP contribution in [0.1, 0.15) is 12.8 Å². The molecule has 1 aromatic rings. The molecular formula is C12H14ClNOS. The number of thioether (sulfide) groups is 1. The number of hydrogen-bond donors (Lipinski definition) is 0. The van der Waals surface area contributed by atoms with Gasteiger partial charge in [-0.1, -0.05) is 12.1 Å². The molecule has 1 heterocycles. The summed E-state index contributed by atoms with van der Waals surface area (Å²) in [5, 5.41) is 0. The third kappa shape index (κ3) is 2.53. The Bertz CT molecular complexity index is 383. The summed E-state index contributed by atoms with van der Waals surface area (Å²) >= 11 is 7.27. The molecule has 0 radical (unpaired) electrons. The zero-order chi connectivity index (χ0) is 11.4. The fourth-order valence-corrected chi connectivity index (χ4v) is 2.89. The molecule has 2 nitrogen and oxygen atoms in total. The average Bonchev–Trinajstić information content (AvgIpc) is 2.32. The average molecular weight is 256 g/mol. The van der Waals surface area contributed by atoms with E-state index in [0.717, 1.165) is 25.1 Å². The van der Waals surface area contributed by atoms with Crippen LogP contribution < -0.4 is 4.90 Å². The van der Waals surface area contributed by atoms with Crippen LogP contribution in [0.5, 0.6) is 0 Å². The second-order valence-corrected chi connectivity index (χ2v) is 5.09. The van der Waals surface area contributed by atoms with Crippen molar-refractivity contribution >= 4 is 35.0 Å². The molecule has 0 atom stereocenters. The number of unbranched alkanes of at least 4 members (excludes halogenated alkanes) is 1. The molecule has 0 unspecified atom stereocenters. The number of hydrogen-bond acceptors (Lipinski definition) is 2. The number of carbonyl (C=O) groups excluding carboxylic acids is 1. The minimum absolute atomic E-state index is 0.207. The van der Waals surface area contributed by atoms with E-state index in [2.05, 4.69) is 6.07 Å². The van der Waals surface area contributed by atoms with Gasteiger partial charge >= 0.3 is 0 Å². The normalized spacial score (nSPS) is 15.1. The van der Waals surface area contributed by atoms with Crippen molar-refractivity contribution < 1.29 is 4.79 Å². The molecule has 1 aliphatic rings. The van der Waals surface area contributed by atoms with E-state index in [1.54, 1.807) is 11.8 Å². The molecule has 0 saturated heterocycles. The third-order valence-electron chi connectivity index (χ3n) is 2.57. The third-order valence-corrected chi connectivity index (χ3v) is 3.89. The minimum Gasteiger partial charge on any atom is -0.311 e. The van der Waals surface area contributed by atoms with E-state index in [0.29, 0.717) is 11.6 Å². The largest absolute Gasteiger partial charge is 0.311 e. The molecule has 0 aromatic heterocycles. The zero-order valence-corrected chi connectivity index (χ0v) is 10.6. The maximum Gasteiger partial charge on any atom is 0.237 e. The molecule has 0 saturated carbocycles. The number of carbonyl (C=O) groups is 1. The Morgan fingerprint density at radius 3 is 2.94 bits per heavy atom. The van der Waals surface area contributed by atoms with Crippen molar-refractivity contribution in [2.75, 3.05) is 23.1 Å². The summed E-state index contributed by atoms with van der Waals surface area (Å²) in [6.07, 6.45) is 1.93. The zero-order valence-electron chi connectivity index (χ0n) is 8.99. The Kier molecular flexibility index (Phi) is 4.13. The summed E-state index contributed by atoms with van der Waals surface area (Å²) in [6.45, 7) is 0.781. The number of amides is 1. The first kappa shape index (κ1) is 11.8. The number of fused-ring (bicyclic) bond motifs is 1. The van der Waals surface area contributed by atoms with Crippen LogP contribution in [0.15, 0.2) is 29.2 Å². The van der Waals surface area contributed by atoms with Gasteiger partial charge in [0.15, 0.2) is 0 Å².